The zero-order valence-electron chi connectivity index (χ0n) is 14.1. The molecule has 0 aliphatic carbocycles. The van der Waals surface area contributed by atoms with Crippen LogP contribution in [0.5, 0.6) is 5.75 Å². The minimum atomic E-state index is -1.07. The monoisotopic (exact) mass is 339 g/mol. The fourth-order valence-corrected chi connectivity index (χ4v) is 3.67. The van der Waals surface area contributed by atoms with Gasteiger partial charge in [0.1, 0.15) is 5.75 Å². The van der Waals surface area contributed by atoms with Crippen LogP contribution >= 0.6 is 11.3 Å². The molecule has 24 heavy (non-hydrogen) atoms. The molecule has 1 aliphatic heterocycles. The standard InChI is InChI=1S/C20H20O3S/c1-13-10-18-17(20(2,3)8-9-23-18)11-14(13)4-5-15-6-7-16(24-15)12-19(21)22/h6-7,10-11H,8-9,12H2,1-3H3,(H,21,22)/p-1. The molecule has 1 aliphatic rings. The van der Waals surface area contributed by atoms with Crippen molar-refractivity contribution in [1.29, 1.82) is 0 Å². The molecule has 3 nitrogen and oxygen atoms in total. The van der Waals surface area contributed by atoms with Crippen LogP contribution in [-0.4, -0.2) is 12.6 Å². The van der Waals surface area contributed by atoms with Gasteiger partial charge in [0, 0.05) is 28.4 Å². The lowest BCUT2D eigenvalue weighted by Gasteiger charge is -2.33. The number of rotatable bonds is 2. The van der Waals surface area contributed by atoms with Gasteiger partial charge in [0.15, 0.2) is 0 Å². The van der Waals surface area contributed by atoms with E-state index in [0.29, 0.717) is 0 Å². The highest BCUT2D eigenvalue weighted by molar-refractivity contribution is 7.12. The lowest BCUT2D eigenvalue weighted by molar-refractivity contribution is -0.304. The smallest absolute Gasteiger partial charge is 0.123 e. The quantitative estimate of drug-likeness (QED) is 0.791. The number of thiophene rings is 1. The maximum atomic E-state index is 10.6. The van der Waals surface area contributed by atoms with Gasteiger partial charge in [-0.3, -0.25) is 0 Å². The van der Waals surface area contributed by atoms with Gasteiger partial charge in [-0.15, -0.1) is 11.3 Å². The third-order valence-electron chi connectivity index (χ3n) is 4.34. The molecule has 0 fully saturated rings. The minimum absolute atomic E-state index is 0.0598. The largest absolute Gasteiger partial charge is 0.550 e. The highest BCUT2D eigenvalue weighted by atomic mass is 32.1. The number of benzene rings is 1. The maximum Gasteiger partial charge on any atom is 0.123 e. The molecule has 0 amide bonds. The normalized spacial score (nSPS) is 15.0. The van der Waals surface area contributed by atoms with Gasteiger partial charge in [0.05, 0.1) is 11.5 Å². The van der Waals surface area contributed by atoms with Crippen molar-refractivity contribution in [3.8, 4) is 17.6 Å². The molecule has 2 aromatic rings. The summed E-state index contributed by atoms with van der Waals surface area (Å²) in [6.07, 6.45) is 0.934. The molecule has 1 aromatic heterocycles. The van der Waals surface area contributed by atoms with Crippen LogP contribution in [0, 0.1) is 18.8 Å². The van der Waals surface area contributed by atoms with Crippen LogP contribution < -0.4 is 9.84 Å². The number of hydrogen-bond donors (Lipinski definition) is 0. The molecule has 124 valence electrons. The first-order valence-electron chi connectivity index (χ1n) is 7.94. The molecule has 0 saturated heterocycles. The van der Waals surface area contributed by atoms with Gasteiger partial charge in [0.25, 0.3) is 0 Å². The SMILES string of the molecule is Cc1cc2c(cc1C#Cc1ccc(CC(=O)[O-])s1)C(C)(C)CCO2. The Balaban J connectivity index is 1.91. The third-order valence-corrected chi connectivity index (χ3v) is 5.34. The molecule has 0 atom stereocenters. The molecule has 0 unspecified atom stereocenters. The number of hydrogen-bond acceptors (Lipinski definition) is 4. The van der Waals surface area contributed by atoms with E-state index in [0.717, 1.165) is 39.7 Å². The van der Waals surface area contributed by atoms with Crippen molar-refractivity contribution < 1.29 is 14.6 Å². The van der Waals surface area contributed by atoms with Crippen molar-refractivity contribution in [3.63, 3.8) is 0 Å². The Bertz CT molecular complexity index is 849. The zero-order chi connectivity index (χ0) is 17.3. The van der Waals surface area contributed by atoms with E-state index in [9.17, 15) is 9.90 Å². The second kappa shape index (κ2) is 6.33. The Morgan fingerprint density at radius 3 is 2.88 bits per heavy atom. The van der Waals surface area contributed by atoms with Crippen molar-refractivity contribution in [2.24, 2.45) is 0 Å². The van der Waals surface area contributed by atoms with Gasteiger partial charge in [-0.25, -0.2) is 0 Å². The van der Waals surface area contributed by atoms with Gasteiger partial charge in [-0.2, -0.15) is 0 Å². The predicted molar refractivity (Wildman–Crippen MR) is 93.3 cm³/mol. The van der Waals surface area contributed by atoms with Gasteiger partial charge in [-0.05, 0) is 48.6 Å². The Labute approximate surface area is 146 Å². The van der Waals surface area contributed by atoms with Crippen LogP contribution in [0.1, 0.15) is 46.7 Å². The van der Waals surface area contributed by atoms with Crippen LogP contribution in [0.3, 0.4) is 0 Å². The fraction of sp³-hybridized carbons (Fsp3) is 0.350. The minimum Gasteiger partial charge on any atom is -0.550 e. The number of carboxylic acids is 1. The summed E-state index contributed by atoms with van der Waals surface area (Å²) in [7, 11) is 0. The molecule has 0 N–H and O–H groups in total. The first-order chi connectivity index (χ1) is 11.3. The van der Waals surface area contributed by atoms with E-state index in [4.69, 9.17) is 4.74 Å². The third kappa shape index (κ3) is 3.47. The van der Waals surface area contributed by atoms with Crippen LogP contribution in [0.4, 0.5) is 0 Å². The molecule has 4 heteroatoms. The van der Waals surface area contributed by atoms with Crippen LogP contribution in [0.15, 0.2) is 24.3 Å². The Kier molecular flexibility index (Phi) is 4.38. The molecular weight excluding hydrogens is 320 g/mol. The number of carbonyl (C=O) groups excluding carboxylic acids is 1. The summed E-state index contributed by atoms with van der Waals surface area (Å²) < 4.78 is 5.79. The number of aryl methyl sites for hydroxylation is 1. The fourth-order valence-electron chi connectivity index (χ4n) is 2.83. The second-order valence-electron chi connectivity index (χ2n) is 6.71. The van der Waals surface area contributed by atoms with E-state index >= 15 is 0 Å². The maximum absolute atomic E-state index is 10.6. The van der Waals surface area contributed by atoms with E-state index in [1.54, 1.807) is 6.07 Å². The van der Waals surface area contributed by atoms with Gasteiger partial charge in [0.2, 0.25) is 0 Å². The number of carbonyl (C=O) groups is 1. The zero-order valence-corrected chi connectivity index (χ0v) is 14.9. The molecule has 2 heterocycles. The number of aliphatic carboxylic acids is 1. The molecule has 0 radical (unpaired) electrons. The van der Waals surface area contributed by atoms with E-state index in [1.807, 2.05) is 13.0 Å². The molecule has 3 rings (SSSR count). The van der Waals surface area contributed by atoms with Gasteiger partial charge >= 0.3 is 0 Å². The summed E-state index contributed by atoms with van der Waals surface area (Å²) in [5, 5.41) is 10.6. The van der Waals surface area contributed by atoms with Gasteiger partial charge < -0.3 is 14.6 Å². The highest BCUT2D eigenvalue weighted by Gasteiger charge is 2.29. The Hall–Kier alpha value is -2.25. The van der Waals surface area contributed by atoms with Gasteiger partial charge in [-0.1, -0.05) is 25.7 Å². The van der Waals surface area contributed by atoms with E-state index in [1.165, 1.54) is 16.9 Å². The van der Waals surface area contributed by atoms with E-state index in [2.05, 4.69) is 37.8 Å². The first kappa shape index (κ1) is 16.6. The summed E-state index contributed by atoms with van der Waals surface area (Å²) in [5.41, 5.74) is 3.36. The number of fused-ring (bicyclic) bond motifs is 1. The average molecular weight is 339 g/mol. The lowest BCUT2D eigenvalue weighted by Crippen LogP contribution is -2.26. The van der Waals surface area contributed by atoms with Crippen molar-refractivity contribution in [2.45, 2.75) is 39.0 Å². The van der Waals surface area contributed by atoms with Crippen molar-refractivity contribution in [2.75, 3.05) is 6.61 Å². The average Bonchev–Trinajstić information content (AvgIpc) is 2.92. The van der Waals surface area contributed by atoms with Crippen molar-refractivity contribution >= 4 is 17.3 Å². The highest BCUT2D eigenvalue weighted by Crippen LogP contribution is 2.39. The predicted octanol–water partition coefficient (Wildman–Crippen LogP) is 2.81. The first-order valence-corrected chi connectivity index (χ1v) is 8.75. The Morgan fingerprint density at radius 2 is 2.12 bits per heavy atom. The van der Waals surface area contributed by atoms with Crippen LogP contribution in [-0.2, 0) is 16.6 Å². The number of carboxylic acid groups (broad SMARTS) is 1. The summed E-state index contributed by atoms with van der Waals surface area (Å²) in [6, 6.07) is 7.85. The molecule has 0 bridgehead atoms. The second-order valence-corrected chi connectivity index (χ2v) is 7.88. The summed E-state index contributed by atoms with van der Waals surface area (Å²) >= 11 is 1.40. The lowest BCUT2D eigenvalue weighted by atomic mass is 9.78. The molecule has 0 saturated carbocycles. The van der Waals surface area contributed by atoms with Crippen molar-refractivity contribution in [1.82, 2.24) is 0 Å². The van der Waals surface area contributed by atoms with E-state index in [-0.39, 0.29) is 11.8 Å². The molecule has 0 spiro atoms. The molecule has 1 aromatic carbocycles. The Morgan fingerprint density at radius 1 is 1.33 bits per heavy atom. The van der Waals surface area contributed by atoms with Crippen molar-refractivity contribution in [3.05, 3.63) is 50.7 Å². The van der Waals surface area contributed by atoms with Crippen LogP contribution in [0.25, 0.3) is 0 Å². The summed E-state index contributed by atoms with van der Waals surface area (Å²) in [5.74, 6) is 6.26. The summed E-state index contributed by atoms with van der Waals surface area (Å²) in [4.78, 5) is 12.3. The topological polar surface area (TPSA) is 49.4 Å². The van der Waals surface area contributed by atoms with E-state index < -0.39 is 5.97 Å². The number of ether oxygens (including phenoxy) is 1. The van der Waals surface area contributed by atoms with Crippen LogP contribution in [0.2, 0.25) is 0 Å². The molecular formula is C20H19O3S-. The summed E-state index contributed by atoms with van der Waals surface area (Å²) in [6.45, 7) is 7.24.